The van der Waals surface area contributed by atoms with Crippen molar-refractivity contribution in [3.63, 3.8) is 0 Å². The zero-order valence-corrected chi connectivity index (χ0v) is 6.49. The van der Waals surface area contributed by atoms with E-state index in [1.165, 1.54) is 11.5 Å². The molecule has 0 radical (unpaired) electrons. The lowest BCUT2D eigenvalue weighted by molar-refractivity contribution is 1.48. The van der Waals surface area contributed by atoms with Crippen molar-refractivity contribution in [1.29, 1.82) is 0 Å². The first-order valence-electron chi connectivity index (χ1n) is 2.27. The van der Waals surface area contributed by atoms with Crippen LogP contribution in [0.5, 0.6) is 0 Å². The molecule has 0 atom stereocenters. The molecule has 0 unspecified atom stereocenters. The molecular formula is C4H8S3. The van der Waals surface area contributed by atoms with E-state index in [9.17, 15) is 0 Å². The van der Waals surface area contributed by atoms with Gasteiger partial charge in [-0.05, 0) is 0 Å². The van der Waals surface area contributed by atoms with E-state index in [0.29, 0.717) is 0 Å². The second-order valence-electron chi connectivity index (χ2n) is 1.35. The lowest BCUT2D eigenvalue weighted by Crippen LogP contribution is -1.89. The van der Waals surface area contributed by atoms with Crippen LogP contribution in [0.25, 0.3) is 0 Å². The van der Waals surface area contributed by atoms with Crippen LogP contribution in [-0.2, 0) is 0 Å². The Morgan fingerprint density at radius 2 is 2.00 bits per heavy atom. The van der Waals surface area contributed by atoms with Crippen molar-refractivity contribution in [1.82, 2.24) is 0 Å². The molecular weight excluding hydrogens is 144 g/mol. The molecule has 0 bridgehead atoms. The van der Waals surface area contributed by atoms with Crippen molar-refractivity contribution in [2.24, 2.45) is 0 Å². The van der Waals surface area contributed by atoms with Gasteiger partial charge in [0, 0.05) is 17.3 Å². The standard InChI is InChI=1S/C4H8S3/c5-3-4-6-1-2-7-4/h4-5H,1-3H2. The summed E-state index contributed by atoms with van der Waals surface area (Å²) in [6, 6.07) is 0. The third kappa shape index (κ3) is 1.78. The highest BCUT2D eigenvalue weighted by atomic mass is 32.2. The normalized spacial score (nSPS) is 23.6. The molecule has 0 nitrogen and oxygen atoms in total. The van der Waals surface area contributed by atoms with Gasteiger partial charge < -0.3 is 0 Å². The minimum Gasteiger partial charge on any atom is -0.177 e. The number of thioether (sulfide) groups is 2. The lowest BCUT2D eigenvalue weighted by atomic mass is 10.9. The maximum atomic E-state index is 4.17. The molecule has 1 aliphatic heterocycles. The molecule has 1 rings (SSSR count). The van der Waals surface area contributed by atoms with Gasteiger partial charge in [0.15, 0.2) is 0 Å². The summed E-state index contributed by atoms with van der Waals surface area (Å²) in [5.41, 5.74) is 0. The van der Waals surface area contributed by atoms with E-state index in [2.05, 4.69) is 12.6 Å². The quantitative estimate of drug-likeness (QED) is 0.568. The van der Waals surface area contributed by atoms with Gasteiger partial charge in [-0.15, -0.1) is 23.5 Å². The summed E-state index contributed by atoms with van der Waals surface area (Å²) in [5, 5.41) is 0. The maximum Gasteiger partial charge on any atom is 0.0590 e. The Bertz CT molecular complexity index is 48.9. The van der Waals surface area contributed by atoms with Gasteiger partial charge in [-0.3, -0.25) is 0 Å². The number of rotatable bonds is 1. The molecule has 7 heavy (non-hydrogen) atoms. The van der Waals surface area contributed by atoms with Crippen molar-refractivity contribution < 1.29 is 0 Å². The van der Waals surface area contributed by atoms with Crippen molar-refractivity contribution in [3.8, 4) is 0 Å². The second-order valence-corrected chi connectivity index (χ2v) is 4.64. The van der Waals surface area contributed by atoms with E-state index >= 15 is 0 Å². The molecule has 1 heterocycles. The Hall–Kier alpha value is 1.05. The van der Waals surface area contributed by atoms with Gasteiger partial charge in [0.2, 0.25) is 0 Å². The van der Waals surface area contributed by atoms with Crippen LogP contribution >= 0.6 is 36.2 Å². The molecule has 1 aliphatic rings. The fourth-order valence-corrected chi connectivity index (χ4v) is 3.61. The summed E-state index contributed by atoms with van der Waals surface area (Å²) >= 11 is 8.23. The molecule has 0 aromatic rings. The molecule has 3 heteroatoms. The van der Waals surface area contributed by atoms with Gasteiger partial charge in [-0.1, -0.05) is 0 Å². The molecule has 0 saturated carbocycles. The first kappa shape index (κ1) is 6.17. The molecule has 0 aliphatic carbocycles. The van der Waals surface area contributed by atoms with Crippen molar-refractivity contribution in [2.45, 2.75) is 4.58 Å². The summed E-state index contributed by atoms with van der Waals surface area (Å²) < 4.78 is 0.795. The monoisotopic (exact) mass is 152 g/mol. The molecule has 0 aromatic heterocycles. The lowest BCUT2D eigenvalue weighted by Gasteiger charge is -1.98. The third-order valence-corrected chi connectivity index (χ3v) is 4.73. The number of hydrogen-bond acceptors (Lipinski definition) is 3. The first-order valence-corrected chi connectivity index (χ1v) is 5.00. The maximum absolute atomic E-state index is 4.17. The Morgan fingerprint density at radius 3 is 2.29 bits per heavy atom. The molecule has 0 spiro atoms. The molecule has 42 valence electrons. The van der Waals surface area contributed by atoms with Crippen LogP contribution in [0.3, 0.4) is 0 Å². The average molecular weight is 152 g/mol. The van der Waals surface area contributed by atoms with E-state index in [1.807, 2.05) is 23.5 Å². The SMILES string of the molecule is SCC1SCCS1. The molecule has 0 amide bonds. The zero-order chi connectivity index (χ0) is 5.11. The van der Waals surface area contributed by atoms with Gasteiger partial charge in [0.25, 0.3) is 0 Å². The minimum absolute atomic E-state index is 0.795. The summed E-state index contributed by atoms with van der Waals surface area (Å²) in [5.74, 6) is 3.70. The van der Waals surface area contributed by atoms with E-state index < -0.39 is 0 Å². The first-order chi connectivity index (χ1) is 3.43. The topological polar surface area (TPSA) is 0 Å². The zero-order valence-electron chi connectivity index (χ0n) is 3.96. The summed E-state index contributed by atoms with van der Waals surface area (Å²) in [6.45, 7) is 0. The fourth-order valence-electron chi connectivity index (χ4n) is 0.513. The number of hydrogen-bond donors (Lipinski definition) is 1. The highest BCUT2D eigenvalue weighted by Crippen LogP contribution is 2.31. The van der Waals surface area contributed by atoms with Crippen LogP contribution in [0.2, 0.25) is 0 Å². The molecule has 1 fully saturated rings. The van der Waals surface area contributed by atoms with Gasteiger partial charge in [-0.2, -0.15) is 12.6 Å². The van der Waals surface area contributed by atoms with Gasteiger partial charge in [0.05, 0.1) is 4.58 Å². The van der Waals surface area contributed by atoms with E-state index in [4.69, 9.17) is 0 Å². The summed E-state index contributed by atoms with van der Waals surface area (Å²) in [6.07, 6.45) is 0. The van der Waals surface area contributed by atoms with Crippen molar-refractivity contribution in [3.05, 3.63) is 0 Å². The Morgan fingerprint density at radius 1 is 1.43 bits per heavy atom. The third-order valence-electron chi connectivity index (χ3n) is 0.840. The second kappa shape index (κ2) is 3.15. The van der Waals surface area contributed by atoms with Crippen LogP contribution in [-0.4, -0.2) is 21.8 Å². The van der Waals surface area contributed by atoms with Gasteiger partial charge in [-0.25, -0.2) is 0 Å². The Balaban J connectivity index is 2.14. The van der Waals surface area contributed by atoms with Crippen LogP contribution in [0.1, 0.15) is 0 Å². The number of thiol groups is 1. The smallest absolute Gasteiger partial charge is 0.0590 e. The summed E-state index contributed by atoms with van der Waals surface area (Å²) in [7, 11) is 0. The van der Waals surface area contributed by atoms with Crippen LogP contribution in [0.15, 0.2) is 0 Å². The highest BCUT2D eigenvalue weighted by Gasteiger charge is 2.12. The van der Waals surface area contributed by atoms with E-state index in [-0.39, 0.29) is 0 Å². The Kier molecular flexibility index (Phi) is 2.78. The van der Waals surface area contributed by atoms with Crippen molar-refractivity contribution >= 4 is 36.2 Å². The molecule has 1 saturated heterocycles. The summed E-state index contributed by atoms with van der Waals surface area (Å²) in [4.78, 5) is 0. The largest absolute Gasteiger partial charge is 0.177 e. The van der Waals surface area contributed by atoms with Crippen LogP contribution in [0.4, 0.5) is 0 Å². The van der Waals surface area contributed by atoms with Crippen LogP contribution < -0.4 is 0 Å². The van der Waals surface area contributed by atoms with E-state index in [0.717, 1.165) is 10.3 Å². The highest BCUT2D eigenvalue weighted by molar-refractivity contribution is 8.20. The van der Waals surface area contributed by atoms with Crippen LogP contribution in [0, 0.1) is 0 Å². The predicted molar refractivity (Wildman–Crippen MR) is 42.6 cm³/mol. The van der Waals surface area contributed by atoms with Crippen molar-refractivity contribution in [2.75, 3.05) is 17.3 Å². The van der Waals surface area contributed by atoms with Gasteiger partial charge >= 0.3 is 0 Å². The van der Waals surface area contributed by atoms with E-state index in [1.54, 1.807) is 0 Å². The Labute approximate surface area is 58.2 Å². The fraction of sp³-hybridized carbons (Fsp3) is 1.00. The molecule has 0 aromatic carbocycles. The molecule has 0 N–H and O–H groups in total. The minimum atomic E-state index is 0.795. The predicted octanol–water partition coefficient (Wildman–Crippen LogP) is 1.72. The van der Waals surface area contributed by atoms with Gasteiger partial charge in [0.1, 0.15) is 0 Å². The average Bonchev–Trinajstić information content (AvgIpc) is 2.14.